The first-order valence-corrected chi connectivity index (χ1v) is 6.10. The Morgan fingerprint density at radius 3 is 2.83 bits per heavy atom. The number of nitrogens with zero attached hydrogens (tertiary/aromatic N) is 1. The molecule has 1 aromatic rings. The maximum atomic E-state index is 11.9. The van der Waals surface area contributed by atoms with Crippen molar-refractivity contribution >= 4 is 17.7 Å². The van der Waals surface area contributed by atoms with Crippen LogP contribution in [-0.2, 0) is 4.79 Å². The fraction of sp³-hybridized carbons (Fsp3) is 0.357. The summed E-state index contributed by atoms with van der Waals surface area (Å²) in [4.78, 5) is 13.5. The van der Waals surface area contributed by atoms with Gasteiger partial charge in [0.2, 0.25) is 5.91 Å². The number of rotatable bonds is 6. The van der Waals surface area contributed by atoms with Crippen molar-refractivity contribution in [2.45, 2.75) is 13.3 Å². The van der Waals surface area contributed by atoms with Gasteiger partial charge in [-0.3, -0.25) is 4.79 Å². The highest BCUT2D eigenvalue weighted by atomic mass is 16.3. The van der Waals surface area contributed by atoms with Crippen LogP contribution < -0.4 is 5.73 Å². The van der Waals surface area contributed by atoms with E-state index in [1.54, 1.807) is 23.1 Å². The molecule has 0 atom stereocenters. The van der Waals surface area contributed by atoms with Crippen LogP contribution in [0.1, 0.15) is 18.9 Å². The van der Waals surface area contributed by atoms with E-state index in [1.165, 1.54) is 6.08 Å². The number of aliphatic hydroxyl groups is 1. The number of benzene rings is 1. The van der Waals surface area contributed by atoms with Crippen molar-refractivity contribution in [3.05, 3.63) is 35.9 Å². The normalized spacial score (nSPS) is 10.8. The van der Waals surface area contributed by atoms with Gasteiger partial charge in [0.25, 0.3) is 0 Å². The lowest BCUT2D eigenvalue weighted by Crippen LogP contribution is -2.32. The quantitative estimate of drug-likeness (QED) is 0.592. The predicted molar refractivity (Wildman–Crippen MR) is 73.8 cm³/mol. The molecule has 0 saturated heterocycles. The summed E-state index contributed by atoms with van der Waals surface area (Å²) in [7, 11) is 0. The third-order valence-corrected chi connectivity index (χ3v) is 2.50. The van der Waals surface area contributed by atoms with E-state index in [4.69, 9.17) is 10.8 Å². The van der Waals surface area contributed by atoms with Crippen LogP contribution in [0.5, 0.6) is 0 Å². The molecule has 1 amide bonds. The van der Waals surface area contributed by atoms with Crippen LogP contribution in [0, 0.1) is 0 Å². The maximum Gasteiger partial charge on any atom is 0.246 e. The van der Waals surface area contributed by atoms with E-state index in [1.807, 2.05) is 19.1 Å². The molecule has 0 aliphatic rings. The standard InChI is InChI=1S/C14H20N2O2/c1-2-8-16(9-10-17)14(18)7-6-12-4-3-5-13(15)11-12/h3-7,11,17H,2,8-10,15H2,1H3/b7-6+. The highest BCUT2D eigenvalue weighted by Gasteiger charge is 2.07. The lowest BCUT2D eigenvalue weighted by atomic mass is 10.2. The van der Waals surface area contributed by atoms with Gasteiger partial charge in [0.05, 0.1) is 6.61 Å². The van der Waals surface area contributed by atoms with E-state index in [-0.39, 0.29) is 12.5 Å². The number of hydrogen-bond donors (Lipinski definition) is 2. The van der Waals surface area contributed by atoms with Crippen molar-refractivity contribution in [2.24, 2.45) is 0 Å². The largest absolute Gasteiger partial charge is 0.399 e. The van der Waals surface area contributed by atoms with Gasteiger partial charge >= 0.3 is 0 Å². The Balaban J connectivity index is 2.67. The van der Waals surface area contributed by atoms with Crippen molar-refractivity contribution in [1.82, 2.24) is 4.90 Å². The number of anilines is 1. The van der Waals surface area contributed by atoms with Crippen LogP contribution in [0.15, 0.2) is 30.3 Å². The molecule has 0 unspecified atom stereocenters. The topological polar surface area (TPSA) is 66.6 Å². The van der Waals surface area contributed by atoms with Gasteiger partial charge < -0.3 is 15.7 Å². The van der Waals surface area contributed by atoms with Gasteiger partial charge in [0, 0.05) is 24.9 Å². The molecule has 98 valence electrons. The number of nitrogens with two attached hydrogens (primary N) is 1. The van der Waals surface area contributed by atoms with Crippen molar-refractivity contribution < 1.29 is 9.90 Å². The second-order valence-corrected chi connectivity index (χ2v) is 4.05. The summed E-state index contributed by atoms with van der Waals surface area (Å²) in [6.45, 7) is 3.01. The number of nitrogen functional groups attached to an aromatic ring is 1. The van der Waals surface area contributed by atoms with Crippen LogP contribution in [-0.4, -0.2) is 35.6 Å². The van der Waals surface area contributed by atoms with Gasteiger partial charge in [-0.2, -0.15) is 0 Å². The molecule has 4 heteroatoms. The second kappa shape index (κ2) is 7.50. The summed E-state index contributed by atoms with van der Waals surface area (Å²) in [5.74, 6) is -0.0895. The first kappa shape index (κ1) is 14.3. The summed E-state index contributed by atoms with van der Waals surface area (Å²) < 4.78 is 0. The van der Waals surface area contributed by atoms with Crippen molar-refractivity contribution in [3.63, 3.8) is 0 Å². The molecular weight excluding hydrogens is 228 g/mol. The SMILES string of the molecule is CCCN(CCO)C(=O)/C=C/c1cccc(N)c1. The van der Waals surface area contributed by atoms with Crippen LogP contribution in [0.4, 0.5) is 5.69 Å². The highest BCUT2D eigenvalue weighted by Crippen LogP contribution is 2.08. The van der Waals surface area contributed by atoms with E-state index < -0.39 is 0 Å². The van der Waals surface area contributed by atoms with Crippen LogP contribution in [0.25, 0.3) is 6.08 Å². The molecule has 0 aliphatic heterocycles. The Labute approximate surface area is 108 Å². The van der Waals surface area contributed by atoms with Crippen molar-refractivity contribution in [2.75, 3.05) is 25.4 Å². The first-order chi connectivity index (χ1) is 8.67. The predicted octanol–water partition coefficient (Wildman–Crippen LogP) is 1.51. The zero-order chi connectivity index (χ0) is 13.4. The fourth-order valence-corrected chi connectivity index (χ4v) is 1.66. The molecule has 0 heterocycles. The average Bonchev–Trinajstić information content (AvgIpc) is 2.36. The van der Waals surface area contributed by atoms with Gasteiger partial charge in [0.1, 0.15) is 0 Å². The summed E-state index contributed by atoms with van der Waals surface area (Å²) in [5, 5.41) is 8.90. The molecule has 0 radical (unpaired) electrons. The third-order valence-electron chi connectivity index (χ3n) is 2.50. The number of aliphatic hydroxyl groups excluding tert-OH is 1. The van der Waals surface area contributed by atoms with Crippen molar-refractivity contribution in [3.8, 4) is 0 Å². The molecule has 4 nitrogen and oxygen atoms in total. The summed E-state index contributed by atoms with van der Waals surface area (Å²) in [5.41, 5.74) is 7.22. The monoisotopic (exact) mass is 248 g/mol. The van der Waals surface area contributed by atoms with Crippen LogP contribution in [0.3, 0.4) is 0 Å². The first-order valence-electron chi connectivity index (χ1n) is 6.10. The van der Waals surface area contributed by atoms with Gasteiger partial charge in [-0.05, 0) is 30.2 Å². The fourth-order valence-electron chi connectivity index (χ4n) is 1.66. The Bertz CT molecular complexity index is 410. The molecular formula is C14H20N2O2. The van der Waals surface area contributed by atoms with E-state index in [9.17, 15) is 4.79 Å². The third kappa shape index (κ3) is 4.59. The minimum Gasteiger partial charge on any atom is -0.399 e. The van der Waals surface area contributed by atoms with Gasteiger partial charge in [0.15, 0.2) is 0 Å². The molecule has 0 saturated carbocycles. The molecule has 0 bridgehead atoms. The zero-order valence-electron chi connectivity index (χ0n) is 10.7. The van der Waals surface area contributed by atoms with E-state index >= 15 is 0 Å². The molecule has 0 spiro atoms. The summed E-state index contributed by atoms with van der Waals surface area (Å²) in [6, 6.07) is 7.33. The van der Waals surface area contributed by atoms with Crippen molar-refractivity contribution in [1.29, 1.82) is 0 Å². The van der Waals surface area contributed by atoms with E-state index in [0.717, 1.165) is 12.0 Å². The Morgan fingerprint density at radius 2 is 2.22 bits per heavy atom. The molecule has 0 fully saturated rings. The molecule has 18 heavy (non-hydrogen) atoms. The molecule has 1 aromatic carbocycles. The highest BCUT2D eigenvalue weighted by molar-refractivity contribution is 5.91. The van der Waals surface area contributed by atoms with E-state index in [0.29, 0.717) is 18.8 Å². The summed E-state index contributed by atoms with van der Waals surface area (Å²) in [6.07, 6.45) is 4.12. The lowest BCUT2D eigenvalue weighted by Gasteiger charge is -2.18. The van der Waals surface area contributed by atoms with Crippen LogP contribution in [0.2, 0.25) is 0 Å². The Kier molecular flexibility index (Phi) is 5.94. The van der Waals surface area contributed by atoms with Crippen LogP contribution >= 0.6 is 0 Å². The summed E-state index contributed by atoms with van der Waals surface area (Å²) >= 11 is 0. The van der Waals surface area contributed by atoms with Gasteiger partial charge in [-0.15, -0.1) is 0 Å². The number of carbonyl (C=O) groups is 1. The van der Waals surface area contributed by atoms with Gasteiger partial charge in [-0.1, -0.05) is 19.1 Å². The molecule has 0 aromatic heterocycles. The van der Waals surface area contributed by atoms with Gasteiger partial charge in [-0.25, -0.2) is 0 Å². The maximum absolute atomic E-state index is 11.9. The lowest BCUT2D eigenvalue weighted by molar-refractivity contribution is -0.126. The molecule has 1 rings (SSSR count). The van der Waals surface area contributed by atoms with E-state index in [2.05, 4.69) is 0 Å². The average molecular weight is 248 g/mol. The number of carbonyl (C=O) groups excluding carboxylic acids is 1. The minimum absolute atomic E-state index is 0.0160. The zero-order valence-corrected chi connectivity index (χ0v) is 10.7. The number of hydrogen-bond acceptors (Lipinski definition) is 3. The number of amides is 1. The second-order valence-electron chi connectivity index (χ2n) is 4.05. The Morgan fingerprint density at radius 1 is 1.44 bits per heavy atom. The smallest absolute Gasteiger partial charge is 0.246 e. The Hall–Kier alpha value is -1.81. The molecule has 0 aliphatic carbocycles. The molecule has 3 N–H and O–H groups in total. The minimum atomic E-state index is -0.0895.